The van der Waals surface area contributed by atoms with Crippen LogP contribution < -0.4 is 5.56 Å². The van der Waals surface area contributed by atoms with Crippen LogP contribution in [0.25, 0.3) is 11.3 Å². The van der Waals surface area contributed by atoms with Crippen molar-refractivity contribution in [3.63, 3.8) is 0 Å². The van der Waals surface area contributed by atoms with Crippen LogP contribution in [0.2, 0.25) is 0 Å². The highest BCUT2D eigenvalue weighted by molar-refractivity contribution is 5.60. The van der Waals surface area contributed by atoms with E-state index in [1.165, 1.54) is 5.56 Å². The van der Waals surface area contributed by atoms with Gasteiger partial charge in [-0.15, -0.1) is 0 Å². The summed E-state index contributed by atoms with van der Waals surface area (Å²) >= 11 is 0. The molecule has 2 rings (SSSR count). The Morgan fingerprint density at radius 2 is 1.68 bits per heavy atom. The van der Waals surface area contributed by atoms with Crippen molar-refractivity contribution in [2.24, 2.45) is 0 Å². The monoisotopic (exact) mass is 294 g/mol. The van der Waals surface area contributed by atoms with E-state index in [9.17, 15) is 4.79 Å². The highest BCUT2D eigenvalue weighted by Crippen LogP contribution is 2.24. The van der Waals surface area contributed by atoms with Gasteiger partial charge in [-0.1, -0.05) is 44.2 Å². The quantitative estimate of drug-likeness (QED) is 0.844. The van der Waals surface area contributed by atoms with Gasteiger partial charge in [0.2, 0.25) is 0 Å². The summed E-state index contributed by atoms with van der Waals surface area (Å²) in [6.07, 6.45) is 0.151. The number of nitrogens with zero attached hydrogens (tertiary/aromatic N) is 2. The van der Waals surface area contributed by atoms with E-state index in [2.05, 4.69) is 44.2 Å². The molecule has 22 heavy (non-hydrogen) atoms. The molecule has 0 amide bonds. The molecule has 0 spiro atoms. The SMILES string of the molecule is CC(C)c1ccc(-c2ccc(CC#N)c(=O)n2C(C)C)cc1. The molecule has 1 aromatic carbocycles. The van der Waals surface area contributed by atoms with Crippen LogP contribution in [0.1, 0.15) is 50.8 Å². The summed E-state index contributed by atoms with van der Waals surface area (Å²) in [5.74, 6) is 0.486. The molecule has 0 atom stereocenters. The van der Waals surface area contributed by atoms with Gasteiger partial charge in [-0.2, -0.15) is 5.26 Å². The van der Waals surface area contributed by atoms with E-state index in [-0.39, 0.29) is 18.0 Å². The van der Waals surface area contributed by atoms with Crippen molar-refractivity contribution < 1.29 is 0 Å². The predicted molar refractivity (Wildman–Crippen MR) is 89.9 cm³/mol. The summed E-state index contributed by atoms with van der Waals surface area (Å²) in [6.45, 7) is 8.30. The van der Waals surface area contributed by atoms with Crippen molar-refractivity contribution in [2.45, 2.75) is 46.1 Å². The number of benzene rings is 1. The van der Waals surface area contributed by atoms with Crippen molar-refractivity contribution in [1.82, 2.24) is 4.57 Å². The Labute approximate surface area is 131 Å². The Balaban J connectivity index is 2.58. The molecule has 3 nitrogen and oxygen atoms in total. The Bertz CT molecular complexity index is 746. The number of rotatable bonds is 4. The number of nitriles is 1. The average molecular weight is 294 g/mol. The molecule has 0 radical (unpaired) electrons. The van der Waals surface area contributed by atoms with Crippen LogP contribution in [0.15, 0.2) is 41.2 Å². The molecule has 3 heteroatoms. The van der Waals surface area contributed by atoms with Crippen LogP contribution in [-0.4, -0.2) is 4.57 Å². The van der Waals surface area contributed by atoms with Gasteiger partial charge in [0.1, 0.15) is 0 Å². The van der Waals surface area contributed by atoms with Gasteiger partial charge >= 0.3 is 0 Å². The maximum Gasteiger partial charge on any atom is 0.255 e. The highest BCUT2D eigenvalue weighted by Gasteiger charge is 2.13. The fourth-order valence-electron chi connectivity index (χ4n) is 2.60. The fourth-order valence-corrected chi connectivity index (χ4v) is 2.60. The van der Waals surface area contributed by atoms with Crippen molar-refractivity contribution in [2.75, 3.05) is 0 Å². The summed E-state index contributed by atoms with van der Waals surface area (Å²) in [4.78, 5) is 12.6. The minimum Gasteiger partial charge on any atom is -0.306 e. The van der Waals surface area contributed by atoms with Crippen LogP contribution >= 0.6 is 0 Å². The van der Waals surface area contributed by atoms with Gasteiger partial charge in [-0.25, -0.2) is 0 Å². The van der Waals surface area contributed by atoms with Gasteiger partial charge in [0.05, 0.1) is 18.2 Å². The molecule has 2 aromatic rings. The second-order valence-corrected chi connectivity index (χ2v) is 6.12. The summed E-state index contributed by atoms with van der Waals surface area (Å²) in [5.41, 5.74) is 3.69. The van der Waals surface area contributed by atoms with Crippen molar-refractivity contribution in [1.29, 1.82) is 5.26 Å². The lowest BCUT2D eigenvalue weighted by Gasteiger charge is -2.18. The highest BCUT2D eigenvalue weighted by atomic mass is 16.1. The lowest BCUT2D eigenvalue weighted by molar-refractivity contribution is 0.581. The number of aromatic nitrogens is 1. The molecule has 0 saturated heterocycles. The molecule has 0 aliphatic carbocycles. The molecule has 0 unspecified atom stereocenters. The van der Waals surface area contributed by atoms with Crippen molar-refractivity contribution >= 4 is 0 Å². The zero-order valence-corrected chi connectivity index (χ0v) is 13.6. The number of hydrogen-bond acceptors (Lipinski definition) is 2. The zero-order chi connectivity index (χ0) is 16.3. The molecule has 0 bridgehead atoms. The van der Waals surface area contributed by atoms with Gasteiger partial charge in [0, 0.05) is 11.6 Å². The molecule has 0 saturated carbocycles. The van der Waals surface area contributed by atoms with E-state index in [4.69, 9.17) is 5.26 Å². The van der Waals surface area contributed by atoms with Gasteiger partial charge in [-0.05, 0) is 37.0 Å². The van der Waals surface area contributed by atoms with Crippen LogP contribution in [0.4, 0.5) is 0 Å². The Morgan fingerprint density at radius 1 is 1.05 bits per heavy atom. The van der Waals surface area contributed by atoms with Crippen molar-refractivity contribution in [3.05, 3.63) is 57.9 Å². The molecular formula is C19H22N2O. The average Bonchev–Trinajstić information content (AvgIpc) is 2.49. The first-order valence-corrected chi connectivity index (χ1v) is 7.67. The minimum atomic E-state index is -0.0676. The van der Waals surface area contributed by atoms with Crippen LogP contribution in [0.5, 0.6) is 0 Å². The molecular weight excluding hydrogens is 272 g/mol. The van der Waals surface area contributed by atoms with Crippen LogP contribution in [0.3, 0.4) is 0 Å². The van der Waals surface area contributed by atoms with E-state index >= 15 is 0 Å². The molecule has 0 aliphatic heterocycles. The third kappa shape index (κ3) is 3.12. The predicted octanol–water partition coefficient (Wildman–Crippen LogP) is 4.29. The van der Waals surface area contributed by atoms with Crippen LogP contribution in [0, 0.1) is 11.3 Å². The molecule has 114 valence electrons. The number of pyridine rings is 1. The molecule has 1 aromatic heterocycles. The van der Waals surface area contributed by atoms with Gasteiger partial charge in [-0.3, -0.25) is 4.79 Å². The number of hydrogen-bond donors (Lipinski definition) is 0. The maximum absolute atomic E-state index is 12.6. The Hall–Kier alpha value is -2.34. The second kappa shape index (κ2) is 6.62. The van der Waals surface area contributed by atoms with E-state index in [0.29, 0.717) is 11.5 Å². The first-order chi connectivity index (χ1) is 10.5. The lowest BCUT2D eigenvalue weighted by Crippen LogP contribution is -2.26. The Kier molecular flexibility index (Phi) is 4.82. The first-order valence-electron chi connectivity index (χ1n) is 7.67. The topological polar surface area (TPSA) is 45.8 Å². The molecule has 0 fully saturated rings. The Morgan fingerprint density at radius 3 is 2.18 bits per heavy atom. The third-order valence-corrected chi connectivity index (χ3v) is 3.85. The molecule has 0 aliphatic rings. The normalized spacial score (nSPS) is 11.0. The van der Waals surface area contributed by atoms with Crippen LogP contribution in [-0.2, 0) is 6.42 Å². The van der Waals surface area contributed by atoms with Gasteiger partial charge < -0.3 is 4.57 Å². The summed E-state index contributed by atoms with van der Waals surface area (Å²) < 4.78 is 1.77. The van der Waals surface area contributed by atoms with E-state index in [0.717, 1.165) is 11.3 Å². The summed E-state index contributed by atoms with van der Waals surface area (Å²) in [6, 6.07) is 14.2. The maximum atomic E-state index is 12.6. The fraction of sp³-hybridized carbons (Fsp3) is 0.368. The summed E-state index contributed by atoms with van der Waals surface area (Å²) in [7, 11) is 0. The van der Waals surface area contributed by atoms with Crippen molar-refractivity contribution in [3.8, 4) is 17.3 Å². The third-order valence-electron chi connectivity index (χ3n) is 3.85. The van der Waals surface area contributed by atoms with Gasteiger partial charge in [0.15, 0.2) is 0 Å². The largest absolute Gasteiger partial charge is 0.306 e. The lowest BCUT2D eigenvalue weighted by atomic mass is 10.00. The smallest absolute Gasteiger partial charge is 0.255 e. The zero-order valence-electron chi connectivity index (χ0n) is 13.6. The minimum absolute atomic E-state index is 0.0471. The standard InChI is InChI=1S/C19H22N2O/c1-13(2)15-5-7-16(8-6-15)18-10-9-17(11-12-20)19(22)21(18)14(3)4/h5-10,13-14H,11H2,1-4H3. The second-order valence-electron chi connectivity index (χ2n) is 6.12. The first kappa shape index (κ1) is 16.0. The van der Waals surface area contributed by atoms with E-state index in [1.807, 2.05) is 19.9 Å². The summed E-state index contributed by atoms with van der Waals surface area (Å²) in [5, 5.41) is 8.84. The molecule has 1 heterocycles. The van der Waals surface area contributed by atoms with E-state index < -0.39 is 0 Å². The molecule has 0 N–H and O–H groups in total. The van der Waals surface area contributed by atoms with Gasteiger partial charge in [0.25, 0.3) is 5.56 Å². The van der Waals surface area contributed by atoms with E-state index in [1.54, 1.807) is 10.6 Å².